The van der Waals surface area contributed by atoms with E-state index in [1.54, 1.807) is 0 Å². The molecule has 0 unspecified atom stereocenters. The number of halogens is 1. The number of benzene rings is 1. The SMILES string of the molecule is O=c1oc2ccc(Cl)cc2c(O)c1O. The van der Waals surface area contributed by atoms with Gasteiger partial charge in [0.15, 0.2) is 5.75 Å². The summed E-state index contributed by atoms with van der Waals surface area (Å²) in [4.78, 5) is 10.9. The number of aromatic hydroxyl groups is 2. The van der Waals surface area contributed by atoms with Crippen LogP contribution in [0.5, 0.6) is 11.5 Å². The van der Waals surface area contributed by atoms with Gasteiger partial charge in [0.25, 0.3) is 0 Å². The second-order valence-electron chi connectivity index (χ2n) is 2.73. The summed E-state index contributed by atoms with van der Waals surface area (Å²) in [6.07, 6.45) is 0. The predicted octanol–water partition coefficient (Wildman–Crippen LogP) is 1.86. The highest BCUT2D eigenvalue weighted by atomic mass is 35.5. The fraction of sp³-hybridized carbons (Fsp3) is 0. The number of fused-ring (bicyclic) bond motifs is 1. The minimum atomic E-state index is -0.975. The van der Waals surface area contributed by atoms with E-state index in [9.17, 15) is 9.90 Å². The first-order valence-electron chi connectivity index (χ1n) is 3.74. The van der Waals surface area contributed by atoms with Crippen molar-refractivity contribution in [3.8, 4) is 11.5 Å². The van der Waals surface area contributed by atoms with Crippen LogP contribution in [0.25, 0.3) is 11.0 Å². The summed E-state index contributed by atoms with van der Waals surface area (Å²) in [5, 5.41) is 19.1. The lowest BCUT2D eigenvalue weighted by molar-refractivity contribution is 0.378. The molecule has 0 fully saturated rings. The van der Waals surface area contributed by atoms with Gasteiger partial charge in [0.1, 0.15) is 5.58 Å². The summed E-state index contributed by atoms with van der Waals surface area (Å²) in [5.74, 6) is -1.32. The van der Waals surface area contributed by atoms with Gasteiger partial charge in [-0.2, -0.15) is 0 Å². The van der Waals surface area contributed by atoms with Crippen molar-refractivity contribution < 1.29 is 14.6 Å². The fourth-order valence-electron chi connectivity index (χ4n) is 1.15. The Morgan fingerprint density at radius 3 is 2.64 bits per heavy atom. The highest BCUT2D eigenvalue weighted by Gasteiger charge is 2.12. The van der Waals surface area contributed by atoms with E-state index in [-0.39, 0.29) is 11.0 Å². The molecule has 0 spiro atoms. The zero-order chi connectivity index (χ0) is 10.3. The van der Waals surface area contributed by atoms with Gasteiger partial charge >= 0.3 is 5.63 Å². The van der Waals surface area contributed by atoms with Gasteiger partial charge in [0, 0.05) is 5.02 Å². The van der Waals surface area contributed by atoms with Crippen molar-refractivity contribution in [2.24, 2.45) is 0 Å². The molecule has 14 heavy (non-hydrogen) atoms. The number of hydrogen-bond acceptors (Lipinski definition) is 4. The van der Waals surface area contributed by atoms with Crippen LogP contribution in [0.4, 0.5) is 0 Å². The van der Waals surface area contributed by atoms with Crippen LogP contribution in [0.3, 0.4) is 0 Å². The normalized spacial score (nSPS) is 10.6. The second-order valence-corrected chi connectivity index (χ2v) is 3.16. The molecule has 1 aromatic carbocycles. The Hall–Kier alpha value is -1.68. The number of rotatable bonds is 0. The van der Waals surface area contributed by atoms with Crippen molar-refractivity contribution in [1.82, 2.24) is 0 Å². The quantitative estimate of drug-likeness (QED) is 0.654. The van der Waals surface area contributed by atoms with E-state index in [4.69, 9.17) is 21.1 Å². The van der Waals surface area contributed by atoms with Crippen molar-refractivity contribution in [2.75, 3.05) is 0 Å². The van der Waals surface area contributed by atoms with Crippen molar-refractivity contribution in [1.29, 1.82) is 0 Å². The van der Waals surface area contributed by atoms with Gasteiger partial charge in [0.2, 0.25) is 5.75 Å². The molecule has 0 bridgehead atoms. The van der Waals surface area contributed by atoms with E-state index in [1.165, 1.54) is 18.2 Å². The molecule has 0 saturated heterocycles. The minimum absolute atomic E-state index is 0.176. The summed E-state index contributed by atoms with van der Waals surface area (Å²) in [6.45, 7) is 0. The van der Waals surface area contributed by atoms with Gasteiger partial charge in [-0.15, -0.1) is 0 Å². The van der Waals surface area contributed by atoms with Gasteiger partial charge in [0.05, 0.1) is 5.39 Å². The van der Waals surface area contributed by atoms with Crippen LogP contribution in [0, 0.1) is 0 Å². The summed E-state index contributed by atoms with van der Waals surface area (Å²) >= 11 is 5.67. The predicted molar refractivity (Wildman–Crippen MR) is 50.8 cm³/mol. The summed E-state index contributed by atoms with van der Waals surface area (Å²) < 4.78 is 4.70. The first-order chi connectivity index (χ1) is 6.59. The van der Waals surface area contributed by atoms with E-state index in [0.717, 1.165) is 0 Å². The molecule has 0 amide bonds. The Kier molecular flexibility index (Phi) is 1.86. The monoisotopic (exact) mass is 212 g/mol. The van der Waals surface area contributed by atoms with Crippen LogP contribution in [-0.2, 0) is 0 Å². The van der Waals surface area contributed by atoms with Crippen molar-refractivity contribution in [3.63, 3.8) is 0 Å². The zero-order valence-corrected chi connectivity index (χ0v) is 7.58. The average Bonchev–Trinajstić information content (AvgIpc) is 2.16. The maximum Gasteiger partial charge on any atom is 0.382 e. The van der Waals surface area contributed by atoms with E-state index in [2.05, 4.69) is 0 Å². The van der Waals surface area contributed by atoms with E-state index in [0.29, 0.717) is 5.02 Å². The lowest BCUT2D eigenvalue weighted by atomic mass is 10.2. The first-order valence-corrected chi connectivity index (χ1v) is 4.11. The van der Waals surface area contributed by atoms with Crippen LogP contribution < -0.4 is 5.63 Å². The third-order valence-corrected chi connectivity index (χ3v) is 2.05. The Morgan fingerprint density at radius 1 is 1.21 bits per heavy atom. The van der Waals surface area contributed by atoms with Gasteiger partial charge in [-0.25, -0.2) is 4.79 Å². The van der Waals surface area contributed by atoms with Gasteiger partial charge in [-0.05, 0) is 18.2 Å². The highest BCUT2D eigenvalue weighted by molar-refractivity contribution is 6.31. The first kappa shape index (κ1) is 8.90. The van der Waals surface area contributed by atoms with Crippen LogP contribution in [0.2, 0.25) is 5.02 Å². The molecule has 1 heterocycles. The summed E-state index contributed by atoms with van der Waals surface area (Å²) in [5.41, 5.74) is -0.799. The molecule has 0 radical (unpaired) electrons. The summed E-state index contributed by atoms with van der Waals surface area (Å²) in [6, 6.07) is 4.36. The molecule has 1 aromatic heterocycles. The third-order valence-electron chi connectivity index (χ3n) is 1.82. The summed E-state index contributed by atoms with van der Waals surface area (Å²) in [7, 11) is 0. The van der Waals surface area contributed by atoms with Crippen LogP contribution >= 0.6 is 11.6 Å². The fourth-order valence-corrected chi connectivity index (χ4v) is 1.32. The molecule has 4 nitrogen and oxygen atoms in total. The van der Waals surface area contributed by atoms with Crippen molar-refractivity contribution in [2.45, 2.75) is 0 Å². The molecule has 0 atom stereocenters. The van der Waals surface area contributed by atoms with E-state index >= 15 is 0 Å². The van der Waals surface area contributed by atoms with E-state index < -0.39 is 17.1 Å². The molecule has 0 saturated carbocycles. The molecule has 0 aliphatic carbocycles. The molecule has 2 aromatic rings. The maximum atomic E-state index is 10.9. The standard InChI is InChI=1S/C9H5ClO4/c10-4-1-2-6-5(3-4)7(11)8(12)9(13)14-6/h1-3,11-12H. The molecule has 0 aliphatic rings. The van der Waals surface area contributed by atoms with Crippen LogP contribution in [-0.4, -0.2) is 10.2 Å². The van der Waals surface area contributed by atoms with Crippen molar-refractivity contribution >= 4 is 22.6 Å². The maximum absolute atomic E-state index is 10.9. The topological polar surface area (TPSA) is 70.7 Å². The second kappa shape index (κ2) is 2.92. The average molecular weight is 213 g/mol. The lowest BCUT2D eigenvalue weighted by Crippen LogP contribution is -1.97. The Bertz CT molecular complexity index is 558. The Labute approximate surface area is 83.0 Å². The molecule has 72 valence electrons. The molecule has 5 heteroatoms. The van der Waals surface area contributed by atoms with Gasteiger partial charge in [-0.3, -0.25) is 0 Å². The van der Waals surface area contributed by atoms with Crippen LogP contribution in [0.1, 0.15) is 0 Å². The Balaban J connectivity index is 2.99. The smallest absolute Gasteiger partial charge is 0.382 e. The zero-order valence-electron chi connectivity index (χ0n) is 6.82. The third kappa shape index (κ3) is 1.20. The van der Waals surface area contributed by atoms with Gasteiger partial charge < -0.3 is 14.6 Å². The van der Waals surface area contributed by atoms with Crippen LogP contribution in [0.15, 0.2) is 27.4 Å². The molecule has 2 N–H and O–H groups in total. The highest BCUT2D eigenvalue weighted by Crippen LogP contribution is 2.31. The largest absolute Gasteiger partial charge is 0.504 e. The van der Waals surface area contributed by atoms with Gasteiger partial charge in [-0.1, -0.05) is 11.6 Å². The molecule has 2 rings (SSSR count). The van der Waals surface area contributed by atoms with Crippen molar-refractivity contribution in [3.05, 3.63) is 33.6 Å². The Morgan fingerprint density at radius 2 is 1.93 bits per heavy atom. The molecular formula is C9H5ClO4. The van der Waals surface area contributed by atoms with E-state index in [1.807, 2.05) is 0 Å². The lowest BCUT2D eigenvalue weighted by Gasteiger charge is -2.01. The minimum Gasteiger partial charge on any atom is -0.504 e. The molecular weight excluding hydrogens is 208 g/mol. The molecule has 0 aliphatic heterocycles. The number of hydrogen-bond donors (Lipinski definition) is 2.